The zero-order valence-corrected chi connectivity index (χ0v) is 10.5. The largest absolute Gasteiger partial charge is 0.476 e. The highest BCUT2D eigenvalue weighted by Crippen LogP contribution is 2.21. The lowest BCUT2D eigenvalue weighted by Gasteiger charge is -2.09. The summed E-state index contributed by atoms with van der Waals surface area (Å²) < 4.78 is 0. The van der Waals surface area contributed by atoms with Crippen LogP contribution < -0.4 is 0 Å². The second kappa shape index (κ2) is 5.14. The maximum absolute atomic E-state index is 11.1. The van der Waals surface area contributed by atoms with Crippen molar-refractivity contribution in [1.82, 2.24) is 10.2 Å². The monoisotopic (exact) mass is 262 g/mol. The Morgan fingerprint density at radius 2 is 1.94 bits per heavy atom. The molecule has 5 heteroatoms. The zero-order chi connectivity index (χ0) is 13.1. The number of halogens is 1. The fourth-order valence-electron chi connectivity index (χ4n) is 1.72. The molecule has 18 heavy (non-hydrogen) atoms. The number of nitrogens with zero attached hydrogens (tertiary/aromatic N) is 2. The first-order valence-electron chi connectivity index (χ1n) is 5.38. The molecule has 0 saturated carbocycles. The number of aromatic carboxylic acids is 1. The molecule has 0 bridgehead atoms. The van der Waals surface area contributed by atoms with E-state index in [1.54, 1.807) is 6.92 Å². The number of hydrogen-bond donors (Lipinski definition) is 1. The van der Waals surface area contributed by atoms with Crippen molar-refractivity contribution in [2.75, 3.05) is 0 Å². The number of carbonyl (C=O) groups is 1. The molecule has 0 radical (unpaired) electrons. The van der Waals surface area contributed by atoms with Gasteiger partial charge in [0.2, 0.25) is 0 Å². The smallest absolute Gasteiger partial charge is 0.356 e. The van der Waals surface area contributed by atoms with Crippen LogP contribution in [-0.2, 0) is 6.42 Å². The van der Waals surface area contributed by atoms with Gasteiger partial charge in [0.25, 0.3) is 0 Å². The highest BCUT2D eigenvalue weighted by atomic mass is 35.5. The Morgan fingerprint density at radius 1 is 1.28 bits per heavy atom. The molecule has 0 atom stereocenters. The third-order valence-electron chi connectivity index (χ3n) is 2.71. The highest BCUT2D eigenvalue weighted by Gasteiger charge is 2.17. The van der Waals surface area contributed by atoms with Gasteiger partial charge >= 0.3 is 5.97 Å². The molecular weight excluding hydrogens is 252 g/mol. The van der Waals surface area contributed by atoms with E-state index in [1.807, 2.05) is 30.3 Å². The van der Waals surface area contributed by atoms with E-state index >= 15 is 0 Å². The average Bonchev–Trinajstić information content (AvgIpc) is 2.36. The van der Waals surface area contributed by atoms with Gasteiger partial charge in [0.1, 0.15) is 0 Å². The van der Waals surface area contributed by atoms with Crippen molar-refractivity contribution in [1.29, 1.82) is 0 Å². The van der Waals surface area contributed by atoms with E-state index < -0.39 is 5.97 Å². The van der Waals surface area contributed by atoms with Crippen LogP contribution in [0.5, 0.6) is 0 Å². The van der Waals surface area contributed by atoms with Crippen LogP contribution in [0.15, 0.2) is 30.3 Å². The third-order valence-corrected chi connectivity index (χ3v) is 3.07. The first-order chi connectivity index (χ1) is 8.59. The summed E-state index contributed by atoms with van der Waals surface area (Å²) >= 11 is 5.89. The van der Waals surface area contributed by atoms with E-state index in [0.717, 1.165) is 5.56 Å². The van der Waals surface area contributed by atoms with Crippen LogP contribution >= 0.6 is 11.6 Å². The van der Waals surface area contributed by atoms with Crippen molar-refractivity contribution in [3.63, 3.8) is 0 Å². The van der Waals surface area contributed by atoms with Crippen LogP contribution in [0.3, 0.4) is 0 Å². The Kier molecular flexibility index (Phi) is 3.58. The molecule has 2 rings (SSSR count). The minimum absolute atomic E-state index is 0.0410. The van der Waals surface area contributed by atoms with Gasteiger partial charge in [-0.05, 0) is 23.6 Å². The van der Waals surface area contributed by atoms with Gasteiger partial charge < -0.3 is 5.11 Å². The summed E-state index contributed by atoms with van der Waals surface area (Å²) in [6.45, 7) is 1.75. The van der Waals surface area contributed by atoms with Gasteiger partial charge in [-0.25, -0.2) is 4.79 Å². The Morgan fingerprint density at radius 3 is 2.56 bits per heavy atom. The van der Waals surface area contributed by atoms with Crippen molar-refractivity contribution < 1.29 is 9.90 Å². The first kappa shape index (κ1) is 12.5. The maximum atomic E-state index is 11.1. The lowest BCUT2D eigenvalue weighted by molar-refractivity contribution is 0.0688. The zero-order valence-electron chi connectivity index (χ0n) is 9.72. The van der Waals surface area contributed by atoms with E-state index in [2.05, 4.69) is 10.2 Å². The lowest BCUT2D eigenvalue weighted by atomic mass is 10.0. The molecule has 0 spiro atoms. The number of rotatable bonds is 3. The minimum Gasteiger partial charge on any atom is -0.476 e. The highest BCUT2D eigenvalue weighted by molar-refractivity contribution is 6.30. The molecule has 1 N–H and O–H groups in total. The topological polar surface area (TPSA) is 63.1 Å². The summed E-state index contributed by atoms with van der Waals surface area (Å²) in [6.07, 6.45) is 0.476. The fourth-order valence-corrected chi connectivity index (χ4v) is 1.87. The van der Waals surface area contributed by atoms with Gasteiger partial charge in [0.15, 0.2) is 10.8 Å². The number of benzene rings is 1. The van der Waals surface area contributed by atoms with E-state index in [0.29, 0.717) is 17.5 Å². The predicted octanol–water partition coefficient (Wildman–Crippen LogP) is 2.73. The Labute approximate surface area is 109 Å². The van der Waals surface area contributed by atoms with Crippen molar-refractivity contribution >= 4 is 17.6 Å². The van der Waals surface area contributed by atoms with Crippen LogP contribution in [0.4, 0.5) is 0 Å². The maximum Gasteiger partial charge on any atom is 0.356 e. The van der Waals surface area contributed by atoms with Crippen LogP contribution in [-0.4, -0.2) is 21.3 Å². The number of aromatic nitrogens is 2. The Balaban J connectivity index is 2.48. The fraction of sp³-hybridized carbons (Fsp3) is 0.154. The van der Waals surface area contributed by atoms with Crippen LogP contribution in [0.25, 0.3) is 0 Å². The van der Waals surface area contributed by atoms with Crippen molar-refractivity contribution in [3.05, 3.63) is 57.9 Å². The molecule has 0 unspecified atom stereocenters. The summed E-state index contributed by atoms with van der Waals surface area (Å²) in [4.78, 5) is 11.1. The molecule has 0 amide bonds. The van der Waals surface area contributed by atoms with Crippen molar-refractivity contribution in [2.45, 2.75) is 13.3 Å². The van der Waals surface area contributed by atoms with E-state index in [9.17, 15) is 4.79 Å². The molecular formula is C13H11ClN2O2. The summed E-state index contributed by atoms with van der Waals surface area (Å²) in [5, 5.41) is 16.6. The Hall–Kier alpha value is -1.94. The molecule has 0 saturated heterocycles. The first-order valence-corrected chi connectivity index (χ1v) is 5.76. The predicted molar refractivity (Wildman–Crippen MR) is 68.0 cm³/mol. The van der Waals surface area contributed by atoms with Crippen LogP contribution in [0.2, 0.25) is 5.15 Å². The molecule has 4 nitrogen and oxygen atoms in total. The molecule has 0 fully saturated rings. The quantitative estimate of drug-likeness (QED) is 0.924. The van der Waals surface area contributed by atoms with E-state index in [-0.39, 0.29) is 10.8 Å². The molecule has 1 heterocycles. The summed E-state index contributed by atoms with van der Waals surface area (Å²) in [5.41, 5.74) is 2.23. The summed E-state index contributed by atoms with van der Waals surface area (Å²) in [5.74, 6) is -1.09. The minimum atomic E-state index is -1.09. The van der Waals surface area contributed by atoms with Gasteiger partial charge in [-0.15, -0.1) is 10.2 Å². The number of hydrogen-bond acceptors (Lipinski definition) is 3. The van der Waals surface area contributed by atoms with Crippen molar-refractivity contribution in [3.8, 4) is 0 Å². The molecule has 2 aromatic rings. The van der Waals surface area contributed by atoms with Gasteiger partial charge in [0.05, 0.1) is 0 Å². The molecule has 0 aliphatic rings. The Bertz CT molecular complexity index is 585. The average molecular weight is 263 g/mol. The van der Waals surface area contributed by atoms with Crippen LogP contribution in [0.1, 0.15) is 27.2 Å². The molecule has 0 aliphatic heterocycles. The van der Waals surface area contributed by atoms with Gasteiger partial charge in [-0.2, -0.15) is 0 Å². The standard InChI is InChI=1S/C13H11ClN2O2/c1-8-10(7-9-5-3-2-4-6-9)11(13(17)18)15-16-12(8)14/h2-6H,7H2,1H3,(H,17,18). The summed E-state index contributed by atoms with van der Waals surface area (Å²) in [6, 6.07) is 9.58. The van der Waals surface area contributed by atoms with Crippen molar-refractivity contribution in [2.24, 2.45) is 0 Å². The SMILES string of the molecule is Cc1c(Cl)nnc(C(=O)O)c1Cc1ccccc1. The number of carboxylic acids is 1. The van der Waals surface area contributed by atoms with Gasteiger partial charge in [0, 0.05) is 6.42 Å². The van der Waals surface area contributed by atoms with E-state index in [4.69, 9.17) is 16.7 Å². The van der Waals surface area contributed by atoms with Gasteiger partial charge in [-0.3, -0.25) is 0 Å². The summed E-state index contributed by atoms with van der Waals surface area (Å²) in [7, 11) is 0. The normalized spacial score (nSPS) is 10.3. The third kappa shape index (κ3) is 2.49. The van der Waals surface area contributed by atoms with Crippen LogP contribution in [0, 0.1) is 6.92 Å². The molecule has 0 aliphatic carbocycles. The molecule has 1 aromatic heterocycles. The second-order valence-electron chi connectivity index (χ2n) is 3.91. The molecule has 92 valence electrons. The molecule has 1 aromatic carbocycles. The number of carboxylic acid groups (broad SMARTS) is 1. The van der Waals surface area contributed by atoms with Gasteiger partial charge in [-0.1, -0.05) is 41.9 Å². The second-order valence-corrected chi connectivity index (χ2v) is 4.27. The van der Waals surface area contributed by atoms with E-state index in [1.165, 1.54) is 0 Å². The lowest BCUT2D eigenvalue weighted by Crippen LogP contribution is -2.10.